The van der Waals surface area contributed by atoms with E-state index in [-0.39, 0.29) is 28.3 Å². The number of phenolic OH excluding ortho intramolecular Hbond substituents is 1. The van der Waals surface area contributed by atoms with E-state index >= 15 is 0 Å². The molecule has 4 rings (SSSR count). The molecule has 25 heavy (non-hydrogen) atoms. The maximum absolute atomic E-state index is 13.0. The quantitative estimate of drug-likeness (QED) is 0.765. The van der Waals surface area contributed by atoms with Gasteiger partial charge in [0, 0.05) is 0 Å². The molecule has 1 aliphatic rings. The monoisotopic (exact) mass is 353 g/mol. The molecule has 7 heteroatoms. The molecule has 6 nitrogen and oxygen atoms in total. The van der Waals surface area contributed by atoms with Gasteiger partial charge >= 0.3 is 0 Å². The molecule has 2 heterocycles. The minimum absolute atomic E-state index is 0.123. The Morgan fingerprint density at radius 2 is 1.96 bits per heavy atom. The topological polar surface area (TPSA) is 75.4 Å². The minimum Gasteiger partial charge on any atom is -0.508 e. The molecule has 1 saturated heterocycles. The Balaban J connectivity index is 1.91. The Kier molecular flexibility index (Phi) is 3.73. The number of fused-ring (bicyclic) bond motifs is 1. The molecule has 1 aromatic heterocycles. The number of thioether (sulfide) groups is 1. The van der Waals surface area contributed by atoms with E-state index in [9.17, 15) is 14.7 Å². The van der Waals surface area contributed by atoms with Crippen LogP contribution in [0, 0.1) is 6.92 Å². The molecule has 0 bridgehead atoms. The Morgan fingerprint density at radius 1 is 1.16 bits per heavy atom. The standard InChI is InChI=1S/C18H15N3O3S/c1-11-19-15-8-3-2-7-14(15)17(24)20(11)21-16(23)10-25-18(21)12-5-4-6-13(22)9-12/h2-9,18,22H,10H2,1H3. The summed E-state index contributed by atoms with van der Waals surface area (Å²) in [7, 11) is 0. The summed E-state index contributed by atoms with van der Waals surface area (Å²) in [4.78, 5) is 30.0. The number of carbonyl (C=O) groups is 1. The van der Waals surface area contributed by atoms with Crippen molar-refractivity contribution in [2.45, 2.75) is 12.3 Å². The average molecular weight is 353 g/mol. The van der Waals surface area contributed by atoms with E-state index in [0.29, 0.717) is 16.7 Å². The third-order valence-electron chi connectivity index (χ3n) is 4.13. The fraction of sp³-hybridized carbons (Fsp3) is 0.167. The van der Waals surface area contributed by atoms with Crippen LogP contribution in [-0.4, -0.2) is 26.4 Å². The third-order valence-corrected chi connectivity index (χ3v) is 5.33. The first-order valence-corrected chi connectivity index (χ1v) is 8.82. The van der Waals surface area contributed by atoms with Gasteiger partial charge in [-0.25, -0.2) is 9.99 Å². The number of benzene rings is 2. The highest BCUT2D eigenvalue weighted by Gasteiger charge is 2.36. The third kappa shape index (κ3) is 2.56. The van der Waals surface area contributed by atoms with Crippen LogP contribution in [-0.2, 0) is 4.79 Å². The summed E-state index contributed by atoms with van der Waals surface area (Å²) in [5, 5.41) is 11.3. The summed E-state index contributed by atoms with van der Waals surface area (Å²) in [5.74, 6) is 0.669. The van der Waals surface area contributed by atoms with Gasteiger partial charge in [0.2, 0.25) is 0 Å². The number of amides is 1. The number of hydrogen-bond acceptors (Lipinski definition) is 5. The van der Waals surface area contributed by atoms with Gasteiger partial charge in [-0.3, -0.25) is 9.59 Å². The second-order valence-corrected chi connectivity index (χ2v) is 6.86. The molecule has 0 spiro atoms. The smallest absolute Gasteiger partial charge is 0.280 e. The highest BCUT2D eigenvalue weighted by Crippen LogP contribution is 2.38. The van der Waals surface area contributed by atoms with Crippen molar-refractivity contribution < 1.29 is 9.90 Å². The maximum Gasteiger partial charge on any atom is 0.280 e. The molecule has 1 aliphatic heterocycles. The molecule has 1 atom stereocenters. The number of aromatic hydroxyl groups is 1. The van der Waals surface area contributed by atoms with Crippen LogP contribution >= 0.6 is 11.8 Å². The van der Waals surface area contributed by atoms with Crippen LogP contribution in [0.3, 0.4) is 0 Å². The van der Waals surface area contributed by atoms with Gasteiger partial charge in [0.05, 0.1) is 16.7 Å². The summed E-state index contributed by atoms with van der Waals surface area (Å²) in [5.41, 5.74) is 1.09. The van der Waals surface area contributed by atoms with Crippen LogP contribution in [0.2, 0.25) is 0 Å². The van der Waals surface area contributed by atoms with E-state index in [4.69, 9.17) is 0 Å². The Bertz CT molecular complexity index is 1050. The van der Waals surface area contributed by atoms with Crippen molar-refractivity contribution in [1.82, 2.24) is 9.66 Å². The van der Waals surface area contributed by atoms with Crippen molar-refractivity contribution in [1.29, 1.82) is 0 Å². The van der Waals surface area contributed by atoms with Gasteiger partial charge in [-0.15, -0.1) is 11.8 Å². The zero-order valence-electron chi connectivity index (χ0n) is 13.4. The fourth-order valence-electron chi connectivity index (χ4n) is 3.04. The van der Waals surface area contributed by atoms with Crippen LogP contribution in [0.15, 0.2) is 53.3 Å². The highest BCUT2D eigenvalue weighted by molar-refractivity contribution is 8.00. The van der Waals surface area contributed by atoms with E-state index in [0.717, 1.165) is 5.56 Å². The van der Waals surface area contributed by atoms with Crippen LogP contribution in [0.1, 0.15) is 16.8 Å². The van der Waals surface area contributed by atoms with Gasteiger partial charge in [0.15, 0.2) is 0 Å². The average Bonchev–Trinajstić information content (AvgIpc) is 2.97. The molecule has 1 amide bonds. The minimum atomic E-state index is -0.390. The molecule has 1 unspecified atom stereocenters. The number of aryl methyl sites for hydroxylation is 1. The van der Waals surface area contributed by atoms with Crippen molar-refractivity contribution in [2.24, 2.45) is 0 Å². The molecule has 1 fully saturated rings. The summed E-state index contributed by atoms with van der Waals surface area (Å²) in [6, 6.07) is 13.8. The predicted octanol–water partition coefficient (Wildman–Crippen LogP) is 2.32. The first-order valence-electron chi connectivity index (χ1n) is 7.77. The van der Waals surface area contributed by atoms with Crippen molar-refractivity contribution in [2.75, 3.05) is 10.8 Å². The van der Waals surface area contributed by atoms with Gasteiger partial charge in [0.1, 0.15) is 16.9 Å². The number of aromatic nitrogens is 2. The van der Waals surface area contributed by atoms with Crippen molar-refractivity contribution in [3.63, 3.8) is 0 Å². The van der Waals surface area contributed by atoms with Crippen LogP contribution in [0.25, 0.3) is 10.9 Å². The number of para-hydroxylation sites is 1. The molecule has 0 aliphatic carbocycles. The van der Waals surface area contributed by atoms with Crippen LogP contribution in [0.4, 0.5) is 0 Å². The fourth-order valence-corrected chi connectivity index (χ4v) is 4.16. The second-order valence-electron chi connectivity index (χ2n) is 5.79. The van der Waals surface area contributed by atoms with Crippen LogP contribution in [0.5, 0.6) is 5.75 Å². The number of phenols is 1. The summed E-state index contributed by atoms with van der Waals surface area (Å²) >= 11 is 1.42. The summed E-state index contributed by atoms with van der Waals surface area (Å²) in [6.45, 7) is 1.71. The first-order chi connectivity index (χ1) is 12.1. The van der Waals surface area contributed by atoms with E-state index in [1.807, 2.05) is 12.1 Å². The van der Waals surface area contributed by atoms with Gasteiger partial charge in [-0.1, -0.05) is 24.3 Å². The Labute approximate surface area is 147 Å². The van der Waals surface area contributed by atoms with Crippen LogP contribution < -0.4 is 10.6 Å². The number of carbonyl (C=O) groups excluding carboxylic acids is 1. The van der Waals surface area contributed by atoms with Crippen molar-refractivity contribution in [3.8, 4) is 5.75 Å². The Hall–Kier alpha value is -2.80. The lowest BCUT2D eigenvalue weighted by atomic mass is 10.2. The molecule has 126 valence electrons. The second kappa shape index (κ2) is 5.93. The zero-order valence-corrected chi connectivity index (χ0v) is 14.2. The van der Waals surface area contributed by atoms with Crippen molar-refractivity contribution in [3.05, 3.63) is 70.3 Å². The van der Waals surface area contributed by atoms with E-state index < -0.39 is 0 Å². The SMILES string of the molecule is Cc1nc2ccccc2c(=O)n1N1C(=O)CSC1c1cccc(O)c1. The summed E-state index contributed by atoms with van der Waals surface area (Å²) < 4.78 is 1.35. The predicted molar refractivity (Wildman–Crippen MR) is 97.3 cm³/mol. The van der Waals surface area contributed by atoms with Gasteiger partial charge in [-0.05, 0) is 36.8 Å². The lowest BCUT2D eigenvalue weighted by Crippen LogP contribution is -2.46. The van der Waals surface area contributed by atoms with E-state index in [2.05, 4.69) is 4.98 Å². The molecule has 2 aromatic carbocycles. The van der Waals surface area contributed by atoms with Crippen molar-refractivity contribution >= 4 is 28.6 Å². The largest absolute Gasteiger partial charge is 0.508 e. The number of nitrogens with zero attached hydrogens (tertiary/aromatic N) is 3. The summed E-state index contributed by atoms with van der Waals surface area (Å²) in [6.07, 6.45) is 0. The van der Waals surface area contributed by atoms with E-state index in [1.54, 1.807) is 43.3 Å². The van der Waals surface area contributed by atoms with Gasteiger partial charge in [-0.2, -0.15) is 4.68 Å². The zero-order chi connectivity index (χ0) is 17.6. The molecule has 1 N–H and O–H groups in total. The normalized spacial score (nSPS) is 17.4. The molecular weight excluding hydrogens is 338 g/mol. The lowest BCUT2D eigenvalue weighted by molar-refractivity contribution is -0.117. The molecule has 0 radical (unpaired) electrons. The number of rotatable bonds is 2. The Morgan fingerprint density at radius 3 is 2.76 bits per heavy atom. The van der Waals surface area contributed by atoms with E-state index in [1.165, 1.54) is 21.4 Å². The van der Waals surface area contributed by atoms with Gasteiger partial charge in [0.25, 0.3) is 11.5 Å². The molecule has 3 aromatic rings. The molecule has 0 saturated carbocycles. The highest BCUT2D eigenvalue weighted by atomic mass is 32.2. The molecular formula is C18H15N3O3S. The van der Waals surface area contributed by atoms with Gasteiger partial charge < -0.3 is 5.11 Å². The maximum atomic E-state index is 13.0. The number of hydrogen-bond donors (Lipinski definition) is 1. The first kappa shape index (κ1) is 15.7. The lowest BCUT2D eigenvalue weighted by Gasteiger charge is -2.27.